The number of nitrogens with one attached hydrogen (secondary N) is 1. The van der Waals surface area contributed by atoms with E-state index in [4.69, 9.17) is 5.26 Å². The molecule has 0 heterocycles. The second kappa shape index (κ2) is 5.68. The molecule has 0 spiro atoms. The fourth-order valence-corrected chi connectivity index (χ4v) is 2.16. The third kappa shape index (κ3) is 3.11. The summed E-state index contributed by atoms with van der Waals surface area (Å²) < 4.78 is 27.8. The molecule has 0 unspecified atom stereocenters. The van der Waals surface area contributed by atoms with Gasteiger partial charge in [0.15, 0.2) is 0 Å². The summed E-state index contributed by atoms with van der Waals surface area (Å²) in [5.74, 6) is -1.19. The van der Waals surface area contributed by atoms with Gasteiger partial charge in [0.2, 0.25) is 0 Å². The van der Waals surface area contributed by atoms with E-state index in [9.17, 15) is 8.78 Å². The topological polar surface area (TPSA) is 35.8 Å². The highest BCUT2D eigenvalue weighted by molar-refractivity contribution is 9.10. The summed E-state index contributed by atoms with van der Waals surface area (Å²) in [5.41, 5.74) is 0.711. The number of hydrogen-bond donors (Lipinski definition) is 1. The minimum absolute atomic E-state index is 0.0282. The average Bonchev–Trinajstić information content (AvgIpc) is 2.37. The van der Waals surface area contributed by atoms with Crippen LogP contribution in [0.5, 0.6) is 0 Å². The van der Waals surface area contributed by atoms with Gasteiger partial charge in [-0.3, -0.25) is 0 Å². The molecule has 2 aromatic carbocycles. The Kier molecular flexibility index (Phi) is 4.17. The lowest BCUT2D eigenvalue weighted by Gasteiger charge is -2.10. The van der Waals surface area contributed by atoms with Crippen LogP contribution in [0.1, 0.15) is 5.56 Å². The number of halogens is 4. The summed E-state index contributed by atoms with van der Waals surface area (Å²) in [6.45, 7) is 0. The predicted octanol–water partition coefficient (Wildman–Crippen LogP) is 5.11. The zero-order chi connectivity index (χ0) is 14.0. The van der Waals surface area contributed by atoms with Gasteiger partial charge in [0.25, 0.3) is 0 Å². The SMILES string of the molecule is N#Cc1cc(Br)ccc1Nc1cc(F)c(Br)cc1F. The Labute approximate surface area is 125 Å². The molecule has 0 fully saturated rings. The molecule has 1 N–H and O–H groups in total. The van der Waals surface area contributed by atoms with Crippen molar-refractivity contribution in [1.82, 2.24) is 0 Å². The third-order valence-electron chi connectivity index (χ3n) is 2.38. The standard InChI is InChI=1S/C13H6Br2F2N2/c14-8-1-2-12(7(3-8)6-18)19-13-5-10(16)9(15)4-11(13)17/h1-5,19H. The first-order chi connectivity index (χ1) is 9.01. The van der Waals surface area contributed by atoms with Crippen molar-refractivity contribution in [3.05, 3.63) is 56.5 Å². The van der Waals surface area contributed by atoms with Gasteiger partial charge in [-0.1, -0.05) is 15.9 Å². The van der Waals surface area contributed by atoms with Crippen LogP contribution in [-0.4, -0.2) is 0 Å². The normalized spacial score (nSPS) is 10.1. The molecule has 0 bridgehead atoms. The molecule has 0 aliphatic carbocycles. The molecule has 0 radical (unpaired) electrons. The van der Waals surface area contributed by atoms with Crippen LogP contribution in [0.15, 0.2) is 39.3 Å². The number of hydrogen-bond acceptors (Lipinski definition) is 2. The molecule has 6 heteroatoms. The van der Waals surface area contributed by atoms with Gasteiger partial charge in [-0.05, 0) is 40.2 Å². The molecule has 96 valence electrons. The number of nitrogens with zero attached hydrogens (tertiary/aromatic N) is 1. The highest BCUT2D eigenvalue weighted by Crippen LogP contribution is 2.28. The van der Waals surface area contributed by atoms with Crippen molar-refractivity contribution in [2.45, 2.75) is 0 Å². The molecule has 0 saturated heterocycles. The Balaban J connectivity index is 2.42. The maximum absolute atomic E-state index is 13.7. The predicted molar refractivity (Wildman–Crippen MR) is 76.2 cm³/mol. The monoisotopic (exact) mass is 386 g/mol. The first-order valence-electron chi connectivity index (χ1n) is 5.12. The van der Waals surface area contributed by atoms with E-state index in [1.54, 1.807) is 18.2 Å². The van der Waals surface area contributed by atoms with Crippen LogP contribution in [-0.2, 0) is 0 Å². The summed E-state index contributed by atoms with van der Waals surface area (Å²) in [4.78, 5) is 0. The highest BCUT2D eigenvalue weighted by Gasteiger charge is 2.10. The van der Waals surface area contributed by atoms with Gasteiger partial charge in [0, 0.05) is 10.5 Å². The number of nitriles is 1. The van der Waals surface area contributed by atoms with E-state index in [2.05, 4.69) is 37.2 Å². The Morgan fingerprint density at radius 2 is 1.74 bits per heavy atom. The van der Waals surface area contributed by atoms with Crippen LogP contribution >= 0.6 is 31.9 Å². The third-order valence-corrected chi connectivity index (χ3v) is 3.48. The molecule has 0 aliphatic heterocycles. The van der Waals surface area contributed by atoms with E-state index in [0.717, 1.165) is 16.6 Å². The molecule has 0 aromatic heterocycles. The highest BCUT2D eigenvalue weighted by atomic mass is 79.9. The first kappa shape index (κ1) is 14.0. The summed E-state index contributed by atoms with van der Waals surface area (Å²) in [5, 5.41) is 11.7. The largest absolute Gasteiger partial charge is 0.352 e. The van der Waals surface area contributed by atoms with Crippen molar-refractivity contribution in [3.63, 3.8) is 0 Å². The Hall–Kier alpha value is -1.45. The number of anilines is 2. The van der Waals surface area contributed by atoms with E-state index in [1.165, 1.54) is 0 Å². The van der Waals surface area contributed by atoms with Crippen LogP contribution in [0.25, 0.3) is 0 Å². The minimum atomic E-state index is -0.611. The second-order valence-electron chi connectivity index (χ2n) is 3.67. The van der Waals surface area contributed by atoms with Gasteiger partial charge in [0.1, 0.15) is 17.7 Å². The lowest BCUT2D eigenvalue weighted by molar-refractivity contribution is 0.598. The minimum Gasteiger partial charge on any atom is -0.352 e. The van der Waals surface area contributed by atoms with Gasteiger partial charge in [-0.25, -0.2) is 8.78 Å². The molecule has 0 atom stereocenters. The lowest BCUT2D eigenvalue weighted by atomic mass is 10.2. The van der Waals surface area contributed by atoms with Crippen molar-refractivity contribution < 1.29 is 8.78 Å². The number of benzene rings is 2. The Morgan fingerprint density at radius 3 is 2.42 bits per heavy atom. The molecule has 2 rings (SSSR count). The van der Waals surface area contributed by atoms with Crippen molar-refractivity contribution >= 4 is 43.2 Å². The Bertz CT molecular complexity index is 681. The fourth-order valence-electron chi connectivity index (χ4n) is 1.48. The van der Waals surface area contributed by atoms with Gasteiger partial charge in [-0.15, -0.1) is 0 Å². The van der Waals surface area contributed by atoms with E-state index in [1.807, 2.05) is 6.07 Å². The molecule has 0 saturated carbocycles. The summed E-state index contributed by atoms with van der Waals surface area (Å²) >= 11 is 6.14. The van der Waals surface area contributed by atoms with Crippen LogP contribution in [0.2, 0.25) is 0 Å². The van der Waals surface area contributed by atoms with Crippen LogP contribution in [0.4, 0.5) is 20.2 Å². The summed E-state index contributed by atoms with van der Waals surface area (Å²) in [6.07, 6.45) is 0. The van der Waals surface area contributed by atoms with Crippen LogP contribution in [0.3, 0.4) is 0 Å². The van der Waals surface area contributed by atoms with Crippen molar-refractivity contribution in [2.24, 2.45) is 0 Å². The van der Waals surface area contributed by atoms with Crippen molar-refractivity contribution in [1.29, 1.82) is 5.26 Å². The molecule has 0 aliphatic rings. The zero-order valence-electron chi connectivity index (χ0n) is 9.35. The van der Waals surface area contributed by atoms with E-state index in [-0.39, 0.29) is 10.2 Å². The van der Waals surface area contributed by atoms with E-state index >= 15 is 0 Å². The molecular formula is C13H6Br2F2N2. The number of rotatable bonds is 2. The van der Waals surface area contributed by atoms with Crippen LogP contribution < -0.4 is 5.32 Å². The zero-order valence-corrected chi connectivity index (χ0v) is 12.5. The fraction of sp³-hybridized carbons (Fsp3) is 0. The lowest BCUT2D eigenvalue weighted by Crippen LogP contribution is -1.97. The quantitative estimate of drug-likeness (QED) is 0.727. The first-order valence-corrected chi connectivity index (χ1v) is 6.71. The van der Waals surface area contributed by atoms with Gasteiger partial charge in [0.05, 0.1) is 21.4 Å². The molecule has 2 nitrogen and oxygen atoms in total. The smallest absolute Gasteiger partial charge is 0.147 e. The maximum atomic E-state index is 13.7. The molecule has 19 heavy (non-hydrogen) atoms. The van der Waals surface area contributed by atoms with Crippen molar-refractivity contribution in [3.8, 4) is 6.07 Å². The van der Waals surface area contributed by atoms with Gasteiger partial charge < -0.3 is 5.32 Å². The van der Waals surface area contributed by atoms with Gasteiger partial charge in [-0.2, -0.15) is 5.26 Å². The molecular weight excluding hydrogens is 382 g/mol. The van der Waals surface area contributed by atoms with Crippen LogP contribution in [0, 0.1) is 23.0 Å². The second-order valence-corrected chi connectivity index (χ2v) is 5.44. The summed E-state index contributed by atoms with van der Waals surface area (Å²) in [6, 6.07) is 8.96. The molecule has 0 amide bonds. The van der Waals surface area contributed by atoms with E-state index < -0.39 is 11.6 Å². The van der Waals surface area contributed by atoms with Crippen molar-refractivity contribution in [2.75, 3.05) is 5.32 Å². The average molecular weight is 388 g/mol. The molecule has 2 aromatic rings. The Morgan fingerprint density at radius 1 is 1.00 bits per heavy atom. The maximum Gasteiger partial charge on any atom is 0.147 e. The summed E-state index contributed by atoms with van der Waals surface area (Å²) in [7, 11) is 0. The van der Waals surface area contributed by atoms with E-state index in [0.29, 0.717) is 11.3 Å². The van der Waals surface area contributed by atoms with Gasteiger partial charge >= 0.3 is 0 Å².